The van der Waals surface area contributed by atoms with Gasteiger partial charge in [-0.25, -0.2) is 0 Å². The standard InChI is InChI=1S/C6H6.3ClH.Ir/c1-2-4-6-5-3-1;;;;/h1-6H;3*1H;/q;;;;+3/p-3. The summed E-state index contributed by atoms with van der Waals surface area (Å²) in [6.07, 6.45) is 0. The topological polar surface area (TPSA) is 0 Å². The van der Waals surface area contributed by atoms with Gasteiger partial charge in [-0.15, -0.1) is 0 Å². The van der Waals surface area contributed by atoms with E-state index in [0.29, 0.717) is 0 Å². The maximum atomic E-state index is 2.00. The second-order valence-electron chi connectivity index (χ2n) is 1.15. The van der Waals surface area contributed by atoms with Gasteiger partial charge in [-0.1, -0.05) is 36.4 Å². The van der Waals surface area contributed by atoms with E-state index in [1.54, 1.807) is 0 Å². The number of rotatable bonds is 0. The minimum atomic E-state index is 0. The minimum absolute atomic E-state index is 0. The molecule has 0 nitrogen and oxygen atoms in total. The number of hydrogen-bond acceptors (Lipinski definition) is 0. The molecule has 0 saturated carbocycles. The summed E-state index contributed by atoms with van der Waals surface area (Å²) >= 11 is 0. The van der Waals surface area contributed by atoms with Crippen molar-refractivity contribution in [3.8, 4) is 0 Å². The van der Waals surface area contributed by atoms with Crippen molar-refractivity contribution in [3.63, 3.8) is 0 Å². The molecule has 0 unspecified atom stereocenters. The second-order valence-corrected chi connectivity index (χ2v) is 1.15. The summed E-state index contributed by atoms with van der Waals surface area (Å²) < 4.78 is 0. The van der Waals surface area contributed by atoms with Crippen LogP contribution in [0.15, 0.2) is 36.4 Å². The van der Waals surface area contributed by atoms with Crippen molar-refractivity contribution in [2.24, 2.45) is 0 Å². The van der Waals surface area contributed by atoms with Crippen molar-refractivity contribution in [2.45, 2.75) is 0 Å². The Labute approximate surface area is 93.4 Å². The zero-order valence-electron chi connectivity index (χ0n) is 4.93. The van der Waals surface area contributed by atoms with E-state index in [1.807, 2.05) is 36.4 Å². The molecule has 0 bridgehead atoms. The van der Waals surface area contributed by atoms with E-state index in [-0.39, 0.29) is 57.3 Å². The molecule has 4 heteroatoms. The first-order valence-electron chi connectivity index (χ1n) is 2.00. The summed E-state index contributed by atoms with van der Waals surface area (Å²) in [4.78, 5) is 0. The first-order valence-corrected chi connectivity index (χ1v) is 2.00. The van der Waals surface area contributed by atoms with Crippen LogP contribution in [0, 0.1) is 0 Å². The molecule has 60 valence electrons. The van der Waals surface area contributed by atoms with E-state index in [0.717, 1.165) is 0 Å². The third-order valence-electron chi connectivity index (χ3n) is 0.667. The Morgan fingerprint density at radius 1 is 0.400 bits per heavy atom. The van der Waals surface area contributed by atoms with E-state index in [4.69, 9.17) is 0 Å². The predicted molar refractivity (Wildman–Crippen MR) is 26.4 cm³/mol. The van der Waals surface area contributed by atoms with Gasteiger partial charge >= 0.3 is 20.1 Å². The van der Waals surface area contributed by atoms with Gasteiger partial charge in [0.05, 0.1) is 0 Å². The fourth-order valence-corrected chi connectivity index (χ4v) is 0.385. The van der Waals surface area contributed by atoms with Crippen LogP contribution in [0.4, 0.5) is 0 Å². The maximum absolute atomic E-state index is 2.00. The Hall–Kier alpha value is 0.739. The maximum Gasteiger partial charge on any atom is 3.00 e. The summed E-state index contributed by atoms with van der Waals surface area (Å²) in [6, 6.07) is 12.0. The molecule has 0 radical (unpaired) electrons. The number of halogens is 3. The Bertz CT molecular complexity index is 84.9. The zero-order chi connectivity index (χ0) is 4.24. The van der Waals surface area contributed by atoms with E-state index >= 15 is 0 Å². The zero-order valence-corrected chi connectivity index (χ0v) is 9.59. The fraction of sp³-hybridized carbons (Fsp3) is 0. The Morgan fingerprint density at radius 2 is 0.500 bits per heavy atom. The second kappa shape index (κ2) is 16.4. The first-order chi connectivity index (χ1) is 3.00. The molecule has 0 aliphatic rings. The largest absolute Gasteiger partial charge is 3.00 e. The molecule has 10 heavy (non-hydrogen) atoms. The SMILES string of the molecule is [Cl-].[Cl-].[Cl-].[Ir+3].c1ccccc1. The number of hydrogen-bond donors (Lipinski definition) is 0. The van der Waals surface area contributed by atoms with Gasteiger partial charge in [0.25, 0.3) is 0 Å². The third-order valence-corrected chi connectivity index (χ3v) is 0.667. The third kappa shape index (κ3) is 11.5. The number of benzene rings is 1. The first kappa shape index (κ1) is 22.4. The van der Waals surface area contributed by atoms with Crippen LogP contribution in [0.25, 0.3) is 0 Å². The van der Waals surface area contributed by atoms with Gasteiger partial charge in [0.2, 0.25) is 0 Å². The molecule has 0 amide bonds. The van der Waals surface area contributed by atoms with Crippen molar-refractivity contribution in [2.75, 3.05) is 0 Å². The summed E-state index contributed by atoms with van der Waals surface area (Å²) in [5, 5.41) is 0. The van der Waals surface area contributed by atoms with Crippen molar-refractivity contribution in [1.29, 1.82) is 0 Å². The van der Waals surface area contributed by atoms with E-state index in [1.165, 1.54) is 0 Å². The molecule has 1 aromatic rings. The van der Waals surface area contributed by atoms with Crippen LogP contribution in [0.1, 0.15) is 0 Å². The molecule has 0 aliphatic heterocycles. The van der Waals surface area contributed by atoms with E-state index in [2.05, 4.69) is 0 Å². The van der Waals surface area contributed by atoms with Gasteiger partial charge in [-0.2, -0.15) is 0 Å². The van der Waals surface area contributed by atoms with Crippen molar-refractivity contribution < 1.29 is 57.3 Å². The van der Waals surface area contributed by atoms with E-state index < -0.39 is 0 Å². The monoisotopic (exact) mass is 376 g/mol. The average molecular weight is 377 g/mol. The summed E-state index contributed by atoms with van der Waals surface area (Å²) in [6.45, 7) is 0. The van der Waals surface area contributed by atoms with Crippen LogP contribution in [0.5, 0.6) is 0 Å². The smallest absolute Gasteiger partial charge is 1.00 e. The molecule has 0 aliphatic carbocycles. The van der Waals surface area contributed by atoms with Crippen molar-refractivity contribution >= 4 is 0 Å². The molecule has 1 aromatic carbocycles. The Balaban J connectivity index is -0.0000000450. The van der Waals surface area contributed by atoms with Gasteiger partial charge in [-0.05, 0) is 0 Å². The molecule has 0 spiro atoms. The van der Waals surface area contributed by atoms with Crippen molar-refractivity contribution in [1.82, 2.24) is 0 Å². The molecule has 0 heterocycles. The van der Waals surface area contributed by atoms with Crippen molar-refractivity contribution in [3.05, 3.63) is 36.4 Å². The molecule has 0 aromatic heterocycles. The van der Waals surface area contributed by atoms with Crippen LogP contribution < -0.4 is 37.2 Å². The summed E-state index contributed by atoms with van der Waals surface area (Å²) in [7, 11) is 0. The van der Waals surface area contributed by atoms with Crippen LogP contribution in [0.2, 0.25) is 0 Å². The van der Waals surface area contributed by atoms with Crippen LogP contribution in [0.3, 0.4) is 0 Å². The normalized spacial score (nSPS) is 4.80. The molecule has 0 saturated heterocycles. The van der Waals surface area contributed by atoms with Crippen LogP contribution in [-0.2, 0) is 20.1 Å². The van der Waals surface area contributed by atoms with Gasteiger partial charge in [-0.3, -0.25) is 0 Å². The van der Waals surface area contributed by atoms with Gasteiger partial charge < -0.3 is 37.2 Å². The molecular formula is C6H6Cl3Ir. The van der Waals surface area contributed by atoms with Crippen LogP contribution >= 0.6 is 0 Å². The van der Waals surface area contributed by atoms with Gasteiger partial charge in [0.15, 0.2) is 0 Å². The minimum Gasteiger partial charge on any atom is -1.00 e. The van der Waals surface area contributed by atoms with Gasteiger partial charge in [0, 0.05) is 0 Å². The van der Waals surface area contributed by atoms with E-state index in [9.17, 15) is 0 Å². The molecular weight excluding hydrogens is 371 g/mol. The average Bonchev–Trinajstić information content (AvgIpc) is 1.72. The van der Waals surface area contributed by atoms with Gasteiger partial charge in [0.1, 0.15) is 0 Å². The Kier molecular flexibility index (Phi) is 36.7. The summed E-state index contributed by atoms with van der Waals surface area (Å²) in [5.74, 6) is 0. The molecule has 0 fully saturated rings. The Morgan fingerprint density at radius 3 is 0.600 bits per heavy atom. The molecule has 1 rings (SSSR count). The molecule has 0 N–H and O–H groups in total. The quantitative estimate of drug-likeness (QED) is 0.422. The molecule has 0 atom stereocenters. The fourth-order valence-electron chi connectivity index (χ4n) is 0.385. The summed E-state index contributed by atoms with van der Waals surface area (Å²) in [5.41, 5.74) is 0. The van der Waals surface area contributed by atoms with Crippen LogP contribution in [-0.4, -0.2) is 0 Å². The predicted octanol–water partition coefficient (Wildman–Crippen LogP) is -7.30.